The maximum Gasteiger partial charge on any atom is 0.193 e. The molecule has 3 N–H and O–H groups in total. The molecule has 2 nitrogen and oxygen atoms in total. The highest BCUT2D eigenvalue weighted by Crippen LogP contribution is 2.33. The lowest BCUT2D eigenvalue weighted by atomic mass is 9.68. The van der Waals surface area contributed by atoms with Gasteiger partial charge < -0.3 is 10.8 Å². The predicted octanol–water partition coefficient (Wildman–Crippen LogP) is 0.610. The van der Waals surface area contributed by atoms with Crippen LogP contribution in [-0.2, 0) is 0 Å². The van der Waals surface area contributed by atoms with Gasteiger partial charge in [-0.25, -0.2) is 0 Å². The zero-order valence-corrected chi connectivity index (χ0v) is 8.07. The molecule has 1 aliphatic rings. The van der Waals surface area contributed by atoms with Crippen LogP contribution in [0.3, 0.4) is 0 Å². The van der Waals surface area contributed by atoms with Crippen molar-refractivity contribution in [3.63, 3.8) is 0 Å². The van der Waals surface area contributed by atoms with E-state index in [9.17, 15) is 5.11 Å². The Labute approximate surface area is 88.6 Å². The van der Waals surface area contributed by atoms with E-state index in [1.807, 2.05) is 30.3 Å². The fourth-order valence-corrected chi connectivity index (χ4v) is 2.04. The van der Waals surface area contributed by atoms with Crippen LogP contribution < -0.4 is 16.7 Å². The minimum Gasteiger partial charge on any atom is -0.505 e. The minimum absolute atomic E-state index is 0.189. The molecule has 0 atom stereocenters. The second-order valence-corrected chi connectivity index (χ2v) is 3.70. The third kappa shape index (κ3) is 1.06. The molecule has 1 heterocycles. The molecule has 0 saturated heterocycles. The molecule has 3 rings (SSSR count). The van der Waals surface area contributed by atoms with E-state index in [0.29, 0.717) is 5.69 Å². The fraction of sp³-hybridized carbons (Fsp3) is 0. The summed E-state index contributed by atoms with van der Waals surface area (Å²) in [6, 6.07) is 11.6. The summed E-state index contributed by atoms with van der Waals surface area (Å²) in [6.07, 6.45) is 0. The molecule has 71 valence electrons. The molecule has 0 aliphatic carbocycles. The van der Waals surface area contributed by atoms with Crippen LogP contribution in [0.4, 0.5) is 5.69 Å². The average molecular weight is 194 g/mol. The number of hydrogen-bond acceptors (Lipinski definition) is 2. The lowest BCUT2D eigenvalue weighted by Gasteiger charge is -2.06. The number of benzene rings is 2. The van der Waals surface area contributed by atoms with E-state index in [-0.39, 0.29) is 5.75 Å². The van der Waals surface area contributed by atoms with E-state index in [0.717, 1.165) is 22.1 Å². The minimum atomic E-state index is 0.189. The quantitative estimate of drug-likeness (QED) is 0.313. The number of rotatable bonds is 0. The van der Waals surface area contributed by atoms with Gasteiger partial charge in [0.25, 0.3) is 0 Å². The van der Waals surface area contributed by atoms with Gasteiger partial charge in [0.05, 0.1) is 5.69 Å². The molecule has 1 aliphatic heterocycles. The molecule has 0 fully saturated rings. The van der Waals surface area contributed by atoms with E-state index in [4.69, 9.17) is 5.73 Å². The molecule has 0 bridgehead atoms. The van der Waals surface area contributed by atoms with Gasteiger partial charge in [0.1, 0.15) is 5.75 Å². The van der Waals surface area contributed by atoms with Crippen LogP contribution in [-0.4, -0.2) is 12.4 Å². The van der Waals surface area contributed by atoms with Crippen molar-refractivity contribution < 1.29 is 5.11 Å². The summed E-state index contributed by atoms with van der Waals surface area (Å²) in [5.41, 5.74) is 10.2. The monoisotopic (exact) mass is 194 g/mol. The van der Waals surface area contributed by atoms with Gasteiger partial charge in [-0.3, -0.25) is 0 Å². The van der Waals surface area contributed by atoms with Crippen LogP contribution in [0.25, 0.3) is 11.1 Å². The second kappa shape index (κ2) is 2.80. The molecule has 0 aromatic heterocycles. The largest absolute Gasteiger partial charge is 0.505 e. The number of hydrogen-bond donors (Lipinski definition) is 2. The lowest BCUT2D eigenvalue weighted by Crippen LogP contribution is -2.20. The van der Waals surface area contributed by atoms with Crippen LogP contribution >= 0.6 is 0 Å². The molecule has 0 saturated carbocycles. The Kier molecular flexibility index (Phi) is 1.57. The summed E-state index contributed by atoms with van der Waals surface area (Å²) in [4.78, 5) is 0. The molecule has 1 radical (unpaired) electrons. The molecule has 2 aromatic rings. The SMILES string of the molecule is Nc1ccc2c(c1O)-c1ccccc1[B]2. The third-order valence-electron chi connectivity index (χ3n) is 2.78. The van der Waals surface area contributed by atoms with Crippen LogP contribution in [0.15, 0.2) is 36.4 Å². The topological polar surface area (TPSA) is 46.2 Å². The highest BCUT2D eigenvalue weighted by Gasteiger charge is 2.22. The maximum atomic E-state index is 9.92. The standard InChI is InChI=1S/C12H9BNO/c14-10-6-5-9-11(12(10)15)7-3-1-2-4-8(7)13-9/h1-6,15H,14H2. The van der Waals surface area contributed by atoms with Crippen molar-refractivity contribution in [2.75, 3.05) is 5.73 Å². The van der Waals surface area contributed by atoms with Crippen molar-refractivity contribution >= 4 is 23.9 Å². The summed E-state index contributed by atoms with van der Waals surface area (Å²) < 4.78 is 0. The van der Waals surface area contributed by atoms with Crippen molar-refractivity contribution in [3.05, 3.63) is 36.4 Å². The molecular weight excluding hydrogens is 185 g/mol. The lowest BCUT2D eigenvalue weighted by molar-refractivity contribution is 0.480. The van der Waals surface area contributed by atoms with Crippen molar-refractivity contribution in [2.24, 2.45) is 0 Å². The van der Waals surface area contributed by atoms with Gasteiger partial charge in [-0.15, -0.1) is 0 Å². The molecule has 15 heavy (non-hydrogen) atoms. The third-order valence-corrected chi connectivity index (χ3v) is 2.78. The van der Waals surface area contributed by atoms with Crippen molar-refractivity contribution in [3.8, 4) is 16.9 Å². The van der Waals surface area contributed by atoms with Crippen LogP contribution in [0, 0.1) is 0 Å². The molecule has 0 amide bonds. The van der Waals surface area contributed by atoms with Crippen molar-refractivity contribution in [1.82, 2.24) is 0 Å². The summed E-state index contributed by atoms with van der Waals surface area (Å²) in [5, 5.41) is 9.92. The molecular formula is C12H9BNO. The normalized spacial score (nSPS) is 11.7. The fourth-order valence-electron chi connectivity index (χ4n) is 2.04. The average Bonchev–Trinajstić information content (AvgIpc) is 2.62. The van der Waals surface area contributed by atoms with Gasteiger partial charge in [0, 0.05) is 5.56 Å². The van der Waals surface area contributed by atoms with Crippen LogP contribution in [0.1, 0.15) is 0 Å². The van der Waals surface area contributed by atoms with Crippen LogP contribution in [0.2, 0.25) is 0 Å². The Bertz CT molecular complexity index is 551. The van der Waals surface area contributed by atoms with Gasteiger partial charge in [0.2, 0.25) is 0 Å². The number of phenols is 1. The van der Waals surface area contributed by atoms with Crippen molar-refractivity contribution in [1.29, 1.82) is 0 Å². The van der Waals surface area contributed by atoms with Gasteiger partial charge >= 0.3 is 0 Å². The zero-order chi connectivity index (χ0) is 10.4. The Morgan fingerprint density at radius 3 is 2.67 bits per heavy atom. The number of anilines is 1. The Morgan fingerprint density at radius 1 is 1.00 bits per heavy atom. The first-order chi connectivity index (χ1) is 7.27. The Hall–Kier alpha value is -1.90. The highest BCUT2D eigenvalue weighted by atomic mass is 16.3. The van der Waals surface area contributed by atoms with Gasteiger partial charge in [-0.1, -0.05) is 41.3 Å². The van der Waals surface area contributed by atoms with E-state index in [1.165, 1.54) is 0 Å². The first kappa shape index (κ1) is 8.42. The number of aromatic hydroxyl groups is 1. The summed E-state index contributed by atoms with van der Waals surface area (Å²) in [6.45, 7) is 0. The summed E-state index contributed by atoms with van der Waals surface area (Å²) >= 11 is 0. The highest BCUT2D eigenvalue weighted by molar-refractivity contribution is 6.73. The first-order valence-corrected chi connectivity index (χ1v) is 4.83. The van der Waals surface area contributed by atoms with E-state index in [1.54, 1.807) is 6.07 Å². The first-order valence-electron chi connectivity index (χ1n) is 4.83. The van der Waals surface area contributed by atoms with Crippen molar-refractivity contribution in [2.45, 2.75) is 0 Å². The Morgan fingerprint density at radius 2 is 1.80 bits per heavy atom. The maximum absolute atomic E-state index is 9.92. The van der Waals surface area contributed by atoms with E-state index < -0.39 is 0 Å². The smallest absolute Gasteiger partial charge is 0.193 e. The molecule has 3 heteroatoms. The van der Waals surface area contributed by atoms with E-state index in [2.05, 4.69) is 7.28 Å². The predicted molar refractivity (Wildman–Crippen MR) is 63.0 cm³/mol. The van der Waals surface area contributed by atoms with Gasteiger partial charge in [-0.2, -0.15) is 0 Å². The van der Waals surface area contributed by atoms with Crippen LogP contribution in [0.5, 0.6) is 5.75 Å². The van der Waals surface area contributed by atoms with Gasteiger partial charge in [-0.05, 0) is 11.6 Å². The number of phenolic OH excluding ortho intramolecular Hbond substituents is 1. The number of nitrogen functional groups attached to an aromatic ring is 1. The second-order valence-electron chi connectivity index (χ2n) is 3.70. The summed E-state index contributed by atoms with van der Waals surface area (Å²) in [7, 11) is 2.06. The molecule has 0 unspecified atom stereocenters. The molecule has 0 spiro atoms. The number of nitrogens with two attached hydrogens (primary N) is 1. The Balaban J connectivity index is 2.36. The van der Waals surface area contributed by atoms with Gasteiger partial charge in [0.15, 0.2) is 7.28 Å². The molecule has 2 aromatic carbocycles. The summed E-state index contributed by atoms with van der Waals surface area (Å²) in [5.74, 6) is 0.189. The number of fused-ring (bicyclic) bond motifs is 3. The van der Waals surface area contributed by atoms with E-state index >= 15 is 0 Å². The zero-order valence-electron chi connectivity index (χ0n) is 8.07.